The van der Waals surface area contributed by atoms with Crippen molar-refractivity contribution in [1.29, 1.82) is 0 Å². The summed E-state index contributed by atoms with van der Waals surface area (Å²) < 4.78 is 6.01. The molecule has 7 heteroatoms. The monoisotopic (exact) mass is 392 g/mol. The fourth-order valence-corrected chi connectivity index (χ4v) is 2.37. The van der Waals surface area contributed by atoms with Gasteiger partial charge < -0.3 is 15.4 Å². The van der Waals surface area contributed by atoms with Gasteiger partial charge in [0.2, 0.25) is 0 Å². The van der Waals surface area contributed by atoms with Gasteiger partial charge >= 0.3 is 0 Å². The fraction of sp³-hybridized carbons (Fsp3) is 0.353. The first-order valence-corrected chi connectivity index (χ1v) is 8.45. The van der Waals surface area contributed by atoms with Crippen LogP contribution in [0.15, 0.2) is 28.7 Å². The van der Waals surface area contributed by atoms with Crippen LogP contribution in [0.1, 0.15) is 28.3 Å². The highest BCUT2D eigenvalue weighted by molar-refractivity contribution is 9.10. The van der Waals surface area contributed by atoms with Crippen LogP contribution in [0, 0.1) is 13.8 Å². The number of hydrogen-bond donors (Lipinski definition) is 2. The van der Waals surface area contributed by atoms with Gasteiger partial charge in [-0.05, 0) is 44.0 Å². The lowest BCUT2D eigenvalue weighted by molar-refractivity contribution is 0.102. The number of carbonyl (C=O) groups excluding carboxylic acids is 1. The van der Waals surface area contributed by atoms with Gasteiger partial charge in [0, 0.05) is 36.5 Å². The van der Waals surface area contributed by atoms with E-state index in [1.54, 1.807) is 20.1 Å². The molecule has 1 amide bonds. The molecule has 0 aliphatic carbocycles. The SMILES string of the molecule is COCCCNc1cc(C(=O)Nc2ccc(Br)c(C)c2)nc(C)n1. The van der Waals surface area contributed by atoms with Gasteiger partial charge in [-0.25, -0.2) is 9.97 Å². The number of nitrogens with one attached hydrogen (secondary N) is 2. The molecule has 0 fully saturated rings. The molecule has 0 spiro atoms. The third-order valence-electron chi connectivity index (χ3n) is 3.32. The third-order valence-corrected chi connectivity index (χ3v) is 4.21. The molecule has 0 radical (unpaired) electrons. The lowest BCUT2D eigenvalue weighted by Gasteiger charge is -2.10. The smallest absolute Gasteiger partial charge is 0.274 e. The van der Waals surface area contributed by atoms with Crippen LogP contribution in [0.3, 0.4) is 0 Å². The number of methoxy groups -OCH3 is 1. The van der Waals surface area contributed by atoms with E-state index >= 15 is 0 Å². The molecule has 6 nitrogen and oxygen atoms in total. The molecule has 1 aromatic heterocycles. The molecule has 0 aliphatic heterocycles. The van der Waals surface area contributed by atoms with Crippen molar-refractivity contribution < 1.29 is 9.53 Å². The quantitative estimate of drug-likeness (QED) is 0.704. The molecule has 0 aliphatic rings. The highest BCUT2D eigenvalue weighted by atomic mass is 79.9. The first kappa shape index (κ1) is 18.4. The highest BCUT2D eigenvalue weighted by Crippen LogP contribution is 2.20. The number of rotatable bonds is 7. The van der Waals surface area contributed by atoms with Crippen molar-refractivity contribution in [1.82, 2.24) is 9.97 Å². The minimum absolute atomic E-state index is 0.262. The molecule has 0 saturated carbocycles. The average Bonchev–Trinajstić information content (AvgIpc) is 2.54. The summed E-state index contributed by atoms with van der Waals surface area (Å²) in [6.07, 6.45) is 0.860. The van der Waals surface area contributed by atoms with Crippen molar-refractivity contribution >= 4 is 33.3 Å². The first-order valence-electron chi connectivity index (χ1n) is 7.65. The van der Waals surface area contributed by atoms with Gasteiger partial charge in [0.25, 0.3) is 5.91 Å². The summed E-state index contributed by atoms with van der Waals surface area (Å²) in [5.74, 6) is 0.918. The molecular weight excluding hydrogens is 372 g/mol. The number of halogens is 1. The molecule has 0 unspecified atom stereocenters. The van der Waals surface area contributed by atoms with Crippen LogP contribution in [-0.2, 0) is 4.74 Å². The van der Waals surface area contributed by atoms with Crippen molar-refractivity contribution in [2.45, 2.75) is 20.3 Å². The lowest BCUT2D eigenvalue weighted by Crippen LogP contribution is -2.16. The maximum Gasteiger partial charge on any atom is 0.274 e. The van der Waals surface area contributed by atoms with Crippen molar-refractivity contribution in [3.8, 4) is 0 Å². The summed E-state index contributed by atoms with van der Waals surface area (Å²) in [4.78, 5) is 20.9. The number of carbonyl (C=O) groups is 1. The Labute approximate surface area is 150 Å². The van der Waals surface area contributed by atoms with E-state index in [-0.39, 0.29) is 5.91 Å². The van der Waals surface area contributed by atoms with Gasteiger partial charge in [-0.15, -0.1) is 0 Å². The standard InChI is InChI=1S/C17H21BrN4O2/c1-11-9-13(5-6-14(11)18)22-17(23)15-10-16(21-12(2)20-15)19-7-4-8-24-3/h5-6,9-10H,4,7-8H2,1-3H3,(H,22,23)(H,19,20,21). The third kappa shape index (κ3) is 5.28. The molecule has 1 aromatic carbocycles. The number of anilines is 2. The van der Waals surface area contributed by atoms with E-state index in [4.69, 9.17) is 4.74 Å². The van der Waals surface area contributed by atoms with Gasteiger partial charge in [0.05, 0.1) is 0 Å². The second-order valence-corrected chi connectivity index (χ2v) is 6.23. The number of nitrogens with zero attached hydrogens (tertiary/aromatic N) is 2. The topological polar surface area (TPSA) is 76.1 Å². The average molecular weight is 393 g/mol. The van der Waals surface area contributed by atoms with Crippen LogP contribution in [-0.4, -0.2) is 36.1 Å². The zero-order valence-corrected chi connectivity index (χ0v) is 15.6. The Morgan fingerprint density at radius 1 is 1.25 bits per heavy atom. The van der Waals surface area contributed by atoms with Crippen LogP contribution in [0.2, 0.25) is 0 Å². The lowest BCUT2D eigenvalue weighted by atomic mass is 10.2. The first-order chi connectivity index (χ1) is 11.5. The Kier molecular flexibility index (Phi) is 6.69. The number of aryl methyl sites for hydroxylation is 2. The van der Waals surface area contributed by atoms with Gasteiger partial charge in [-0.1, -0.05) is 15.9 Å². The summed E-state index contributed by atoms with van der Waals surface area (Å²) >= 11 is 3.44. The number of benzene rings is 1. The molecule has 2 N–H and O–H groups in total. The highest BCUT2D eigenvalue weighted by Gasteiger charge is 2.11. The zero-order valence-electron chi connectivity index (χ0n) is 14.0. The molecule has 0 bridgehead atoms. The van der Waals surface area contributed by atoms with E-state index in [1.807, 2.05) is 25.1 Å². The van der Waals surface area contributed by atoms with Crippen molar-refractivity contribution in [2.75, 3.05) is 30.9 Å². The minimum Gasteiger partial charge on any atom is -0.385 e. The van der Waals surface area contributed by atoms with Crippen LogP contribution in [0.25, 0.3) is 0 Å². The molecular formula is C17H21BrN4O2. The predicted molar refractivity (Wildman–Crippen MR) is 98.6 cm³/mol. The number of aromatic nitrogens is 2. The Morgan fingerprint density at radius 2 is 2.04 bits per heavy atom. The molecule has 0 saturated heterocycles. The van der Waals surface area contributed by atoms with Crippen LogP contribution in [0.4, 0.5) is 11.5 Å². The number of ether oxygens (including phenoxy) is 1. The summed E-state index contributed by atoms with van der Waals surface area (Å²) in [6, 6.07) is 7.30. The van der Waals surface area contributed by atoms with E-state index in [2.05, 4.69) is 36.5 Å². The van der Waals surface area contributed by atoms with Crippen LogP contribution >= 0.6 is 15.9 Å². The van der Waals surface area contributed by atoms with Crippen LogP contribution < -0.4 is 10.6 Å². The summed E-state index contributed by atoms with van der Waals surface area (Å²) in [5, 5.41) is 6.04. The van der Waals surface area contributed by atoms with Crippen LogP contribution in [0.5, 0.6) is 0 Å². The molecule has 2 aromatic rings. The molecule has 24 heavy (non-hydrogen) atoms. The van der Waals surface area contributed by atoms with Crippen molar-refractivity contribution in [3.63, 3.8) is 0 Å². The number of amides is 1. The molecule has 0 atom stereocenters. The van der Waals surface area contributed by atoms with Gasteiger partial charge in [-0.3, -0.25) is 4.79 Å². The Bertz CT molecular complexity index is 722. The summed E-state index contributed by atoms with van der Waals surface area (Å²) in [7, 11) is 1.67. The summed E-state index contributed by atoms with van der Waals surface area (Å²) in [6.45, 7) is 5.13. The molecule has 1 heterocycles. The van der Waals surface area contributed by atoms with Crippen molar-refractivity contribution in [2.24, 2.45) is 0 Å². The van der Waals surface area contributed by atoms with E-state index in [1.165, 1.54) is 0 Å². The second kappa shape index (κ2) is 8.75. The Hall–Kier alpha value is -1.99. The second-order valence-electron chi connectivity index (χ2n) is 5.38. The van der Waals surface area contributed by atoms with Gasteiger partial charge in [0.15, 0.2) is 0 Å². The van der Waals surface area contributed by atoms with Gasteiger partial charge in [0.1, 0.15) is 17.3 Å². The maximum atomic E-state index is 12.4. The minimum atomic E-state index is -0.262. The maximum absolute atomic E-state index is 12.4. The van der Waals surface area contributed by atoms with E-state index < -0.39 is 0 Å². The fourth-order valence-electron chi connectivity index (χ4n) is 2.13. The normalized spacial score (nSPS) is 10.5. The van der Waals surface area contributed by atoms with E-state index in [0.29, 0.717) is 23.9 Å². The zero-order chi connectivity index (χ0) is 17.5. The van der Waals surface area contributed by atoms with E-state index in [9.17, 15) is 4.79 Å². The molecule has 128 valence electrons. The Balaban J connectivity index is 2.07. The van der Waals surface area contributed by atoms with Gasteiger partial charge in [-0.2, -0.15) is 0 Å². The largest absolute Gasteiger partial charge is 0.385 e. The number of hydrogen-bond acceptors (Lipinski definition) is 5. The van der Waals surface area contributed by atoms with E-state index in [0.717, 1.165) is 28.7 Å². The predicted octanol–water partition coefficient (Wildman–Crippen LogP) is 3.56. The Morgan fingerprint density at radius 3 is 2.75 bits per heavy atom. The summed E-state index contributed by atoms with van der Waals surface area (Å²) in [5.41, 5.74) is 2.11. The van der Waals surface area contributed by atoms with Crippen molar-refractivity contribution in [3.05, 3.63) is 45.8 Å². The molecule has 2 rings (SSSR count).